The Morgan fingerprint density at radius 3 is 2.57 bits per heavy atom. The molecule has 1 N–H and O–H groups in total. The minimum atomic E-state index is -0.330. The van der Waals surface area contributed by atoms with Crippen LogP contribution < -0.4 is 5.32 Å². The Bertz CT molecular complexity index is 412. The van der Waals surface area contributed by atoms with E-state index < -0.39 is 0 Å². The number of rotatable bonds is 4. The second-order valence-electron chi connectivity index (χ2n) is 6.75. The number of hydrogen-bond acceptors (Lipinski definition) is 4. The molecule has 1 unspecified atom stereocenters. The highest BCUT2D eigenvalue weighted by Crippen LogP contribution is 2.41. The molecule has 2 aliphatic carbocycles. The minimum Gasteiger partial charge on any atom is -0.469 e. The zero-order valence-corrected chi connectivity index (χ0v) is 12.9. The van der Waals surface area contributed by atoms with Gasteiger partial charge in [0, 0.05) is 6.54 Å². The highest BCUT2D eigenvalue weighted by Gasteiger charge is 2.53. The van der Waals surface area contributed by atoms with Gasteiger partial charge in [-0.25, -0.2) is 0 Å². The van der Waals surface area contributed by atoms with Gasteiger partial charge >= 0.3 is 5.97 Å². The zero-order chi connectivity index (χ0) is 14.9. The van der Waals surface area contributed by atoms with Crippen molar-refractivity contribution < 1.29 is 14.3 Å². The van der Waals surface area contributed by atoms with Gasteiger partial charge in [-0.15, -0.1) is 0 Å². The molecule has 21 heavy (non-hydrogen) atoms. The van der Waals surface area contributed by atoms with Crippen LogP contribution >= 0.6 is 0 Å². The first-order chi connectivity index (χ1) is 10.2. The Kier molecular flexibility index (Phi) is 4.20. The maximum atomic E-state index is 12.9. The summed E-state index contributed by atoms with van der Waals surface area (Å²) in [6.07, 6.45) is 9.47. The average molecular weight is 294 g/mol. The number of hydrogen-bond donors (Lipinski definition) is 1. The van der Waals surface area contributed by atoms with Gasteiger partial charge in [0.1, 0.15) is 0 Å². The summed E-state index contributed by atoms with van der Waals surface area (Å²) in [5.74, 6) is 0.535. The number of carbonyl (C=O) groups excluding carboxylic acids is 2. The first-order valence-electron chi connectivity index (χ1n) is 8.32. The lowest BCUT2D eigenvalue weighted by Crippen LogP contribution is -2.46. The van der Waals surface area contributed by atoms with E-state index in [1.54, 1.807) is 0 Å². The van der Waals surface area contributed by atoms with Gasteiger partial charge in [0.25, 0.3) is 0 Å². The van der Waals surface area contributed by atoms with Crippen LogP contribution in [0.3, 0.4) is 0 Å². The lowest BCUT2D eigenvalue weighted by atomic mass is 9.97. The molecule has 1 saturated heterocycles. The van der Waals surface area contributed by atoms with E-state index in [0.29, 0.717) is 18.9 Å². The Balaban J connectivity index is 1.74. The summed E-state index contributed by atoms with van der Waals surface area (Å²) in [7, 11) is 1.40. The number of methoxy groups -OCH3 is 1. The molecule has 3 rings (SSSR count). The van der Waals surface area contributed by atoms with Gasteiger partial charge in [-0.2, -0.15) is 0 Å². The predicted octanol–water partition coefficient (Wildman–Crippen LogP) is 1.81. The summed E-state index contributed by atoms with van der Waals surface area (Å²) in [5.41, 5.74) is -0.330. The molecule has 5 nitrogen and oxygen atoms in total. The van der Waals surface area contributed by atoms with Crippen LogP contribution in [0.1, 0.15) is 57.8 Å². The van der Waals surface area contributed by atoms with Crippen molar-refractivity contribution in [3.05, 3.63) is 0 Å². The zero-order valence-electron chi connectivity index (χ0n) is 12.9. The molecule has 118 valence electrons. The van der Waals surface area contributed by atoms with Crippen LogP contribution in [0.25, 0.3) is 0 Å². The number of ether oxygens (including phenoxy) is 1. The summed E-state index contributed by atoms with van der Waals surface area (Å²) in [5, 5.41) is 3.67. The molecule has 0 aromatic rings. The molecule has 1 amide bonds. The molecule has 1 heterocycles. The second kappa shape index (κ2) is 5.95. The first-order valence-corrected chi connectivity index (χ1v) is 8.32. The monoisotopic (exact) mass is 294 g/mol. The maximum Gasteiger partial charge on any atom is 0.307 e. The lowest BCUT2D eigenvalue weighted by molar-refractivity contribution is -0.142. The fourth-order valence-electron chi connectivity index (χ4n) is 4.36. The fourth-order valence-corrected chi connectivity index (χ4v) is 4.36. The molecule has 0 aromatic carbocycles. The summed E-state index contributed by atoms with van der Waals surface area (Å²) in [6, 6.07) is 0. The molecule has 1 aliphatic heterocycles. The largest absolute Gasteiger partial charge is 0.469 e. The van der Waals surface area contributed by atoms with Gasteiger partial charge < -0.3 is 9.64 Å². The lowest BCUT2D eigenvalue weighted by Gasteiger charge is -2.28. The SMILES string of the molecule is COC(=O)CCN1C(=O)C2(CCCC2)NC1C1CCCC1. The van der Waals surface area contributed by atoms with Gasteiger partial charge in [-0.05, 0) is 31.6 Å². The minimum absolute atomic E-state index is 0.128. The number of amides is 1. The van der Waals surface area contributed by atoms with E-state index in [-0.39, 0.29) is 23.6 Å². The third-order valence-electron chi connectivity index (χ3n) is 5.52. The number of carbonyl (C=O) groups is 2. The van der Waals surface area contributed by atoms with Crippen LogP contribution in [0.4, 0.5) is 0 Å². The summed E-state index contributed by atoms with van der Waals surface area (Å²) >= 11 is 0. The van der Waals surface area contributed by atoms with Gasteiger partial charge in [-0.1, -0.05) is 25.7 Å². The molecule has 5 heteroatoms. The van der Waals surface area contributed by atoms with E-state index in [1.165, 1.54) is 32.8 Å². The molecular formula is C16H26N2O3. The Hall–Kier alpha value is -1.10. The molecule has 3 aliphatic rings. The molecule has 0 radical (unpaired) electrons. The molecule has 0 bridgehead atoms. The van der Waals surface area contributed by atoms with Gasteiger partial charge in [0.15, 0.2) is 0 Å². The molecular weight excluding hydrogens is 268 g/mol. The van der Waals surface area contributed by atoms with Crippen LogP contribution in [0.5, 0.6) is 0 Å². The number of nitrogens with zero attached hydrogens (tertiary/aromatic N) is 1. The van der Waals surface area contributed by atoms with Crippen molar-refractivity contribution in [3.8, 4) is 0 Å². The second-order valence-corrected chi connectivity index (χ2v) is 6.75. The smallest absolute Gasteiger partial charge is 0.307 e. The van der Waals surface area contributed by atoms with Crippen molar-refractivity contribution in [3.63, 3.8) is 0 Å². The van der Waals surface area contributed by atoms with E-state index >= 15 is 0 Å². The normalized spacial score (nSPS) is 28.7. The Morgan fingerprint density at radius 2 is 1.95 bits per heavy atom. The average Bonchev–Trinajstić information content (AvgIpc) is 3.21. The third kappa shape index (κ3) is 2.68. The first kappa shape index (κ1) is 14.8. The van der Waals surface area contributed by atoms with Crippen LogP contribution in [-0.4, -0.2) is 42.1 Å². The van der Waals surface area contributed by atoms with E-state index in [2.05, 4.69) is 5.32 Å². The van der Waals surface area contributed by atoms with Gasteiger partial charge in [0.2, 0.25) is 5.91 Å². The van der Waals surface area contributed by atoms with Gasteiger partial charge in [0.05, 0.1) is 25.2 Å². The third-order valence-corrected chi connectivity index (χ3v) is 5.52. The Labute approximate surface area is 126 Å². The van der Waals surface area contributed by atoms with Crippen LogP contribution in [0, 0.1) is 5.92 Å². The summed E-state index contributed by atoms with van der Waals surface area (Å²) < 4.78 is 4.73. The number of nitrogens with one attached hydrogen (secondary N) is 1. The fraction of sp³-hybridized carbons (Fsp3) is 0.875. The van der Waals surface area contributed by atoms with Crippen molar-refractivity contribution in [2.75, 3.05) is 13.7 Å². The van der Waals surface area contributed by atoms with Crippen LogP contribution in [-0.2, 0) is 14.3 Å². The van der Waals surface area contributed by atoms with E-state index in [0.717, 1.165) is 25.7 Å². The van der Waals surface area contributed by atoms with Crippen molar-refractivity contribution in [1.29, 1.82) is 0 Å². The quantitative estimate of drug-likeness (QED) is 0.803. The topological polar surface area (TPSA) is 58.6 Å². The molecule has 1 atom stereocenters. The van der Waals surface area contributed by atoms with E-state index in [4.69, 9.17) is 4.74 Å². The van der Waals surface area contributed by atoms with Crippen LogP contribution in [0.15, 0.2) is 0 Å². The highest BCUT2D eigenvalue weighted by atomic mass is 16.5. The van der Waals surface area contributed by atoms with Crippen molar-refractivity contribution >= 4 is 11.9 Å². The summed E-state index contributed by atoms with van der Waals surface area (Å²) in [6.45, 7) is 0.488. The molecule has 2 saturated carbocycles. The van der Waals surface area contributed by atoms with Crippen LogP contribution in [0.2, 0.25) is 0 Å². The number of esters is 1. The van der Waals surface area contributed by atoms with E-state index in [1.807, 2.05) is 4.90 Å². The highest BCUT2D eigenvalue weighted by molar-refractivity contribution is 5.89. The molecule has 0 aromatic heterocycles. The Morgan fingerprint density at radius 1 is 1.29 bits per heavy atom. The van der Waals surface area contributed by atoms with E-state index in [9.17, 15) is 9.59 Å². The van der Waals surface area contributed by atoms with Crippen molar-refractivity contribution in [2.24, 2.45) is 5.92 Å². The molecule has 3 fully saturated rings. The standard InChI is InChI=1S/C16H26N2O3/c1-21-13(19)8-11-18-14(12-6-2-3-7-12)17-16(15(18)20)9-4-5-10-16/h12,14,17H,2-11H2,1H3. The maximum absolute atomic E-state index is 12.9. The predicted molar refractivity (Wildman–Crippen MR) is 78.4 cm³/mol. The van der Waals surface area contributed by atoms with Crippen molar-refractivity contribution in [2.45, 2.75) is 69.5 Å². The molecule has 1 spiro atoms. The summed E-state index contributed by atoms with van der Waals surface area (Å²) in [4.78, 5) is 26.3. The van der Waals surface area contributed by atoms with Gasteiger partial charge in [-0.3, -0.25) is 14.9 Å². The van der Waals surface area contributed by atoms with Crippen molar-refractivity contribution in [1.82, 2.24) is 10.2 Å².